The first kappa shape index (κ1) is 16.5. The van der Waals surface area contributed by atoms with E-state index in [9.17, 15) is 14.7 Å². The smallest absolute Gasteiger partial charge is 0.408 e. The number of aromatic nitrogens is 2. The molecule has 7 heteroatoms. The lowest BCUT2D eigenvalue weighted by Crippen LogP contribution is -2.41. The van der Waals surface area contributed by atoms with E-state index in [4.69, 9.17) is 4.74 Å². The van der Waals surface area contributed by atoms with Crippen LogP contribution in [0.4, 0.5) is 4.79 Å². The molecular weight excluding hydrogens is 298 g/mol. The van der Waals surface area contributed by atoms with Gasteiger partial charge in [-0.25, -0.2) is 9.59 Å². The lowest BCUT2D eigenvalue weighted by molar-refractivity contribution is -0.139. The van der Waals surface area contributed by atoms with Crippen LogP contribution in [0.25, 0.3) is 0 Å². The highest BCUT2D eigenvalue weighted by Gasteiger charge is 2.20. The van der Waals surface area contributed by atoms with Gasteiger partial charge in [-0.15, -0.1) is 0 Å². The molecule has 1 heterocycles. The Labute approximate surface area is 133 Å². The molecule has 122 valence electrons. The quantitative estimate of drug-likeness (QED) is 0.777. The molecule has 23 heavy (non-hydrogen) atoms. The minimum absolute atomic E-state index is 0.103. The highest BCUT2D eigenvalue weighted by Crippen LogP contribution is 2.03. The zero-order valence-electron chi connectivity index (χ0n) is 12.6. The molecule has 2 rings (SSSR count). The van der Waals surface area contributed by atoms with Gasteiger partial charge in [-0.2, -0.15) is 5.10 Å². The summed E-state index contributed by atoms with van der Waals surface area (Å²) in [7, 11) is 0. The molecule has 1 atom stereocenters. The molecule has 0 radical (unpaired) electrons. The van der Waals surface area contributed by atoms with Gasteiger partial charge in [0.2, 0.25) is 0 Å². The summed E-state index contributed by atoms with van der Waals surface area (Å²) in [5.41, 5.74) is 0.841. The first-order chi connectivity index (χ1) is 11.1. The molecule has 7 nitrogen and oxygen atoms in total. The number of carbonyl (C=O) groups excluding carboxylic acids is 1. The zero-order chi connectivity index (χ0) is 16.5. The summed E-state index contributed by atoms with van der Waals surface area (Å²) < 4.78 is 6.74. The van der Waals surface area contributed by atoms with Gasteiger partial charge >= 0.3 is 12.1 Å². The second-order valence-electron chi connectivity index (χ2n) is 5.01. The minimum Gasteiger partial charge on any atom is -0.480 e. The van der Waals surface area contributed by atoms with Gasteiger partial charge in [0.25, 0.3) is 0 Å². The number of nitrogens with zero attached hydrogens (tertiary/aromatic N) is 2. The predicted octanol–water partition coefficient (Wildman–Crippen LogP) is 2.04. The normalized spacial score (nSPS) is 11.7. The van der Waals surface area contributed by atoms with Crippen LogP contribution in [0.2, 0.25) is 0 Å². The van der Waals surface area contributed by atoms with Crippen LogP contribution in [-0.2, 0) is 22.7 Å². The third-order valence-corrected chi connectivity index (χ3v) is 3.24. The van der Waals surface area contributed by atoms with Gasteiger partial charge in [-0.05, 0) is 24.5 Å². The van der Waals surface area contributed by atoms with E-state index in [1.54, 1.807) is 23.1 Å². The fraction of sp³-hybridized carbons (Fsp3) is 0.312. The van der Waals surface area contributed by atoms with Crippen molar-refractivity contribution in [2.24, 2.45) is 0 Å². The van der Waals surface area contributed by atoms with Crippen molar-refractivity contribution in [3.8, 4) is 0 Å². The van der Waals surface area contributed by atoms with Crippen LogP contribution < -0.4 is 5.32 Å². The second kappa shape index (κ2) is 8.57. The minimum atomic E-state index is -1.08. The van der Waals surface area contributed by atoms with Crippen molar-refractivity contribution in [2.45, 2.75) is 32.0 Å². The molecule has 2 N–H and O–H groups in total. The molecule has 0 fully saturated rings. The van der Waals surface area contributed by atoms with E-state index in [-0.39, 0.29) is 6.61 Å². The van der Waals surface area contributed by atoms with Crippen LogP contribution in [-0.4, -0.2) is 33.0 Å². The lowest BCUT2D eigenvalue weighted by Gasteiger charge is -2.14. The fourth-order valence-electron chi connectivity index (χ4n) is 2.05. The number of alkyl carbamates (subject to hydrolysis) is 1. The number of benzene rings is 1. The lowest BCUT2D eigenvalue weighted by atomic mass is 10.1. The van der Waals surface area contributed by atoms with Crippen molar-refractivity contribution in [2.75, 3.05) is 0 Å². The largest absolute Gasteiger partial charge is 0.480 e. The summed E-state index contributed by atoms with van der Waals surface area (Å²) in [5, 5.41) is 15.6. The number of rotatable bonds is 8. The number of carboxylic acids is 1. The number of aryl methyl sites for hydroxylation is 1. The van der Waals surface area contributed by atoms with Crippen LogP contribution in [0.5, 0.6) is 0 Å². The molecular formula is C16H19N3O4. The molecule has 0 bridgehead atoms. The van der Waals surface area contributed by atoms with E-state index in [1.165, 1.54) is 0 Å². The number of ether oxygens (including phenoxy) is 1. The predicted molar refractivity (Wildman–Crippen MR) is 82.6 cm³/mol. The molecule has 1 aromatic heterocycles. The molecule has 2 aromatic rings. The molecule has 1 unspecified atom stereocenters. The number of aliphatic carboxylic acids is 1. The Kier molecular flexibility index (Phi) is 6.17. The molecule has 0 saturated heterocycles. The Balaban J connectivity index is 1.74. The zero-order valence-corrected chi connectivity index (χ0v) is 12.6. The monoisotopic (exact) mass is 317 g/mol. The van der Waals surface area contributed by atoms with Crippen LogP contribution in [0.3, 0.4) is 0 Å². The maximum Gasteiger partial charge on any atom is 0.408 e. The van der Waals surface area contributed by atoms with Gasteiger partial charge in [0.15, 0.2) is 0 Å². The highest BCUT2D eigenvalue weighted by atomic mass is 16.5. The molecule has 0 aliphatic heterocycles. The summed E-state index contributed by atoms with van der Waals surface area (Å²) in [4.78, 5) is 22.9. The Morgan fingerprint density at radius 3 is 2.70 bits per heavy atom. The van der Waals surface area contributed by atoms with Crippen molar-refractivity contribution in [1.29, 1.82) is 0 Å². The van der Waals surface area contributed by atoms with Crippen molar-refractivity contribution >= 4 is 12.1 Å². The number of hydrogen-bond donors (Lipinski definition) is 2. The summed E-state index contributed by atoms with van der Waals surface area (Å²) in [6.45, 7) is 0.698. The average molecular weight is 317 g/mol. The first-order valence-corrected chi connectivity index (χ1v) is 7.32. The Hall–Kier alpha value is -2.83. The van der Waals surface area contributed by atoms with E-state index >= 15 is 0 Å². The van der Waals surface area contributed by atoms with Crippen molar-refractivity contribution in [3.05, 3.63) is 54.4 Å². The number of carboxylic acid groups (broad SMARTS) is 1. The first-order valence-electron chi connectivity index (χ1n) is 7.32. The summed E-state index contributed by atoms with van der Waals surface area (Å²) in [6, 6.07) is 10.0. The molecule has 0 aliphatic rings. The maximum atomic E-state index is 11.7. The third kappa shape index (κ3) is 5.82. The number of carbonyl (C=O) groups is 2. The molecule has 0 aliphatic carbocycles. The number of nitrogens with one attached hydrogen (secondary N) is 1. The van der Waals surface area contributed by atoms with Crippen LogP contribution in [0.15, 0.2) is 48.8 Å². The van der Waals surface area contributed by atoms with E-state index in [0.29, 0.717) is 19.4 Å². The Morgan fingerprint density at radius 1 is 1.26 bits per heavy atom. The average Bonchev–Trinajstić information content (AvgIpc) is 3.06. The number of amides is 1. The SMILES string of the molecule is O=C(NC(CCCn1cccn1)C(=O)O)OCc1ccccc1. The third-order valence-electron chi connectivity index (χ3n) is 3.24. The van der Waals surface area contributed by atoms with Gasteiger partial charge in [0.1, 0.15) is 12.6 Å². The summed E-state index contributed by atoms with van der Waals surface area (Å²) in [5.74, 6) is -1.08. The van der Waals surface area contributed by atoms with E-state index in [0.717, 1.165) is 5.56 Å². The summed E-state index contributed by atoms with van der Waals surface area (Å²) in [6.07, 6.45) is 3.61. The van der Waals surface area contributed by atoms with Gasteiger partial charge in [-0.1, -0.05) is 30.3 Å². The standard InChI is InChI=1S/C16H19N3O4/c20-15(21)14(8-4-10-19-11-5-9-17-19)18-16(22)23-12-13-6-2-1-3-7-13/h1-3,5-7,9,11,14H,4,8,10,12H2,(H,18,22)(H,20,21). The van der Waals surface area contributed by atoms with Crippen LogP contribution in [0, 0.1) is 0 Å². The molecule has 0 spiro atoms. The number of hydrogen-bond acceptors (Lipinski definition) is 4. The van der Waals surface area contributed by atoms with Crippen molar-refractivity contribution in [1.82, 2.24) is 15.1 Å². The second-order valence-corrected chi connectivity index (χ2v) is 5.01. The molecule has 0 saturated carbocycles. The Morgan fingerprint density at radius 2 is 2.04 bits per heavy atom. The van der Waals surface area contributed by atoms with E-state index < -0.39 is 18.1 Å². The van der Waals surface area contributed by atoms with E-state index in [1.807, 2.05) is 30.3 Å². The van der Waals surface area contributed by atoms with Gasteiger partial charge in [0, 0.05) is 18.9 Å². The van der Waals surface area contributed by atoms with Gasteiger partial charge in [-0.3, -0.25) is 4.68 Å². The summed E-state index contributed by atoms with van der Waals surface area (Å²) >= 11 is 0. The fourth-order valence-corrected chi connectivity index (χ4v) is 2.05. The molecule has 1 aromatic carbocycles. The van der Waals surface area contributed by atoms with E-state index in [2.05, 4.69) is 10.4 Å². The Bertz CT molecular complexity index is 614. The van der Waals surface area contributed by atoms with Crippen molar-refractivity contribution < 1.29 is 19.4 Å². The highest BCUT2D eigenvalue weighted by molar-refractivity contribution is 5.79. The van der Waals surface area contributed by atoms with Gasteiger partial charge in [0.05, 0.1) is 0 Å². The maximum absolute atomic E-state index is 11.7. The van der Waals surface area contributed by atoms with Crippen LogP contribution in [0.1, 0.15) is 18.4 Å². The molecule has 1 amide bonds. The van der Waals surface area contributed by atoms with Crippen LogP contribution >= 0.6 is 0 Å². The van der Waals surface area contributed by atoms with Crippen molar-refractivity contribution in [3.63, 3.8) is 0 Å². The topological polar surface area (TPSA) is 93.5 Å². The van der Waals surface area contributed by atoms with Gasteiger partial charge < -0.3 is 15.2 Å².